The number of fused-ring (bicyclic) bond motifs is 1. The first-order valence-corrected chi connectivity index (χ1v) is 12.0. The molecular weight excluding hydrogens is 486 g/mol. The first-order chi connectivity index (χ1) is 18.0. The van der Waals surface area contributed by atoms with E-state index in [-0.39, 0.29) is 17.8 Å². The predicted octanol–water partition coefficient (Wildman–Crippen LogP) is 6.21. The van der Waals surface area contributed by atoms with Gasteiger partial charge in [-0.05, 0) is 48.0 Å². The van der Waals surface area contributed by atoms with Gasteiger partial charge in [-0.25, -0.2) is 0 Å². The van der Waals surface area contributed by atoms with Crippen molar-refractivity contribution in [2.24, 2.45) is 0 Å². The second-order valence-electron chi connectivity index (χ2n) is 8.43. The summed E-state index contributed by atoms with van der Waals surface area (Å²) in [7, 11) is 0. The molecule has 37 heavy (non-hydrogen) atoms. The number of hydrogen-bond acceptors (Lipinski definition) is 3. The molecule has 7 heteroatoms. The Morgan fingerprint density at radius 3 is 2.03 bits per heavy atom. The van der Waals surface area contributed by atoms with Crippen molar-refractivity contribution in [2.45, 2.75) is 6.54 Å². The highest BCUT2D eigenvalue weighted by molar-refractivity contribution is 6.30. The molecule has 2 amide bonds. The van der Waals surface area contributed by atoms with Crippen LogP contribution in [0.5, 0.6) is 0 Å². The van der Waals surface area contributed by atoms with Gasteiger partial charge >= 0.3 is 0 Å². The van der Waals surface area contributed by atoms with Crippen molar-refractivity contribution in [2.75, 3.05) is 10.6 Å². The molecule has 0 bridgehead atoms. The molecule has 5 rings (SSSR count). The molecule has 1 heterocycles. The van der Waals surface area contributed by atoms with Gasteiger partial charge in [-0.1, -0.05) is 78.3 Å². The van der Waals surface area contributed by atoms with Gasteiger partial charge in [0.2, 0.25) is 0 Å². The number of amides is 2. The van der Waals surface area contributed by atoms with Crippen molar-refractivity contribution in [1.29, 1.82) is 0 Å². The maximum Gasteiger partial charge on any atom is 0.275 e. The third-order valence-electron chi connectivity index (χ3n) is 5.96. The van der Waals surface area contributed by atoms with Crippen molar-refractivity contribution in [1.82, 2.24) is 4.57 Å². The molecule has 6 nitrogen and oxygen atoms in total. The first-order valence-electron chi connectivity index (χ1n) is 11.6. The minimum Gasteiger partial charge on any atom is -0.322 e. The summed E-state index contributed by atoms with van der Waals surface area (Å²) in [5.74, 6) is -0.985. The van der Waals surface area contributed by atoms with Gasteiger partial charge in [-0.2, -0.15) is 0 Å². The van der Waals surface area contributed by atoms with Crippen LogP contribution >= 0.6 is 11.6 Å². The van der Waals surface area contributed by atoms with E-state index in [1.165, 1.54) is 0 Å². The standard InChI is InChI=1S/C30H22ClN3O3/c31-22-17-15-20(16-18-22)19-34-25-14-8-7-13-24(25)26(29(36)32-23-11-5-2-6-12-23)27(30(34)37)33-28(35)21-9-3-1-4-10-21/h1-18H,19H2,(H,32,36)(H,33,35). The number of carbonyl (C=O) groups is 2. The maximum atomic E-state index is 13.9. The van der Waals surface area contributed by atoms with E-state index in [1.54, 1.807) is 95.6 Å². The molecule has 0 saturated carbocycles. The summed E-state index contributed by atoms with van der Waals surface area (Å²) in [6.45, 7) is 0.227. The van der Waals surface area contributed by atoms with E-state index in [2.05, 4.69) is 10.6 Å². The first kappa shape index (κ1) is 24.0. The lowest BCUT2D eigenvalue weighted by Crippen LogP contribution is -2.31. The van der Waals surface area contributed by atoms with Crippen LogP contribution in [-0.2, 0) is 6.54 Å². The summed E-state index contributed by atoms with van der Waals surface area (Å²) >= 11 is 6.04. The number of anilines is 2. The summed E-state index contributed by atoms with van der Waals surface area (Å²) in [6.07, 6.45) is 0. The Balaban J connectivity index is 1.69. The fourth-order valence-electron chi connectivity index (χ4n) is 4.18. The van der Waals surface area contributed by atoms with Gasteiger partial charge in [0.05, 0.1) is 17.6 Å². The molecule has 182 valence electrons. The molecule has 0 atom stereocenters. The fraction of sp³-hybridized carbons (Fsp3) is 0.0333. The molecule has 0 unspecified atom stereocenters. The number of para-hydroxylation sites is 2. The molecule has 4 aromatic carbocycles. The Morgan fingerprint density at radius 1 is 0.703 bits per heavy atom. The summed E-state index contributed by atoms with van der Waals surface area (Å²) in [5, 5.41) is 6.71. The number of pyridine rings is 1. The number of halogens is 1. The number of aromatic nitrogens is 1. The highest BCUT2D eigenvalue weighted by Gasteiger charge is 2.24. The van der Waals surface area contributed by atoms with Crippen molar-refractivity contribution in [3.05, 3.63) is 141 Å². The topological polar surface area (TPSA) is 80.2 Å². The molecule has 0 aliphatic carbocycles. The van der Waals surface area contributed by atoms with Crippen LogP contribution in [0, 0.1) is 0 Å². The zero-order valence-electron chi connectivity index (χ0n) is 19.6. The Kier molecular flexibility index (Phi) is 6.83. The van der Waals surface area contributed by atoms with Gasteiger partial charge in [0, 0.05) is 21.7 Å². The molecule has 0 aliphatic rings. The van der Waals surface area contributed by atoms with E-state index < -0.39 is 17.4 Å². The van der Waals surface area contributed by atoms with Crippen LogP contribution in [0.2, 0.25) is 5.02 Å². The van der Waals surface area contributed by atoms with E-state index in [0.717, 1.165) is 5.56 Å². The number of hydrogen-bond donors (Lipinski definition) is 2. The van der Waals surface area contributed by atoms with E-state index in [0.29, 0.717) is 27.2 Å². The third kappa shape index (κ3) is 5.15. The highest BCUT2D eigenvalue weighted by atomic mass is 35.5. The smallest absolute Gasteiger partial charge is 0.275 e. The molecule has 0 radical (unpaired) electrons. The van der Waals surface area contributed by atoms with E-state index in [1.807, 2.05) is 18.2 Å². The van der Waals surface area contributed by atoms with Crippen molar-refractivity contribution >= 4 is 45.7 Å². The number of rotatable bonds is 6. The third-order valence-corrected chi connectivity index (χ3v) is 6.21. The molecule has 0 spiro atoms. The minimum absolute atomic E-state index is 0.0880. The lowest BCUT2D eigenvalue weighted by Gasteiger charge is -2.18. The van der Waals surface area contributed by atoms with Crippen molar-refractivity contribution < 1.29 is 9.59 Å². The fourth-order valence-corrected chi connectivity index (χ4v) is 4.30. The van der Waals surface area contributed by atoms with E-state index in [9.17, 15) is 14.4 Å². The van der Waals surface area contributed by atoms with E-state index in [4.69, 9.17) is 11.6 Å². The largest absolute Gasteiger partial charge is 0.322 e. The Hall–Kier alpha value is -4.68. The van der Waals surface area contributed by atoms with Gasteiger partial charge in [-0.15, -0.1) is 0 Å². The Bertz CT molecular complexity index is 1650. The molecule has 0 fully saturated rings. The average molecular weight is 508 g/mol. The summed E-state index contributed by atoms with van der Waals surface area (Å²) < 4.78 is 1.55. The minimum atomic E-state index is -0.499. The molecule has 1 aromatic heterocycles. The number of carbonyl (C=O) groups excluding carboxylic acids is 2. The SMILES string of the molecule is O=C(Nc1c(C(=O)Nc2ccccc2)c2ccccc2n(Cc2ccc(Cl)cc2)c1=O)c1ccccc1. The normalized spacial score (nSPS) is 10.7. The lowest BCUT2D eigenvalue weighted by molar-refractivity contribution is 0.102. The lowest BCUT2D eigenvalue weighted by atomic mass is 10.0. The summed E-state index contributed by atoms with van der Waals surface area (Å²) in [4.78, 5) is 40.7. The Morgan fingerprint density at radius 2 is 1.32 bits per heavy atom. The Labute approximate surface area is 218 Å². The quantitative estimate of drug-likeness (QED) is 0.287. The zero-order chi connectivity index (χ0) is 25.8. The van der Waals surface area contributed by atoms with Crippen molar-refractivity contribution in [3.8, 4) is 0 Å². The average Bonchev–Trinajstić information content (AvgIpc) is 2.93. The maximum absolute atomic E-state index is 13.9. The van der Waals surface area contributed by atoms with Crippen LogP contribution in [0.25, 0.3) is 10.9 Å². The van der Waals surface area contributed by atoms with Gasteiger partial charge in [-0.3, -0.25) is 14.4 Å². The van der Waals surface area contributed by atoms with Gasteiger partial charge in [0.15, 0.2) is 0 Å². The van der Waals surface area contributed by atoms with Crippen LogP contribution in [0.4, 0.5) is 11.4 Å². The molecular formula is C30H22ClN3O3. The number of benzene rings is 4. The monoisotopic (exact) mass is 507 g/mol. The number of nitrogens with one attached hydrogen (secondary N) is 2. The number of nitrogens with zero attached hydrogens (tertiary/aromatic N) is 1. The molecule has 0 saturated heterocycles. The van der Waals surface area contributed by atoms with Crippen LogP contribution < -0.4 is 16.2 Å². The summed E-state index contributed by atoms with van der Waals surface area (Å²) in [5.41, 5.74) is 1.88. The van der Waals surface area contributed by atoms with Gasteiger partial charge in [0.25, 0.3) is 17.4 Å². The van der Waals surface area contributed by atoms with Crippen LogP contribution in [0.1, 0.15) is 26.3 Å². The summed E-state index contributed by atoms with van der Waals surface area (Å²) in [6, 6.07) is 31.8. The van der Waals surface area contributed by atoms with Gasteiger partial charge in [0.1, 0.15) is 5.69 Å². The van der Waals surface area contributed by atoms with Crippen LogP contribution in [0.15, 0.2) is 114 Å². The second kappa shape index (κ2) is 10.5. The molecule has 0 aliphatic heterocycles. The highest BCUT2D eigenvalue weighted by Crippen LogP contribution is 2.26. The van der Waals surface area contributed by atoms with Crippen LogP contribution in [-0.4, -0.2) is 16.4 Å². The second-order valence-corrected chi connectivity index (χ2v) is 8.86. The zero-order valence-corrected chi connectivity index (χ0v) is 20.4. The van der Waals surface area contributed by atoms with Crippen LogP contribution in [0.3, 0.4) is 0 Å². The van der Waals surface area contributed by atoms with E-state index >= 15 is 0 Å². The van der Waals surface area contributed by atoms with Gasteiger partial charge < -0.3 is 15.2 Å². The predicted molar refractivity (Wildman–Crippen MR) is 148 cm³/mol. The molecule has 5 aromatic rings. The van der Waals surface area contributed by atoms with Crippen molar-refractivity contribution in [3.63, 3.8) is 0 Å². The molecule has 2 N–H and O–H groups in total.